The molecule has 0 aliphatic rings. The van der Waals surface area contributed by atoms with E-state index in [-0.39, 0.29) is 28.0 Å². The lowest BCUT2D eigenvalue weighted by molar-refractivity contribution is 0.628. The third-order valence-electron chi connectivity index (χ3n) is 3.25. The van der Waals surface area contributed by atoms with Crippen LogP contribution < -0.4 is 16.4 Å². The Kier molecular flexibility index (Phi) is 5.00. The summed E-state index contributed by atoms with van der Waals surface area (Å²) >= 11 is 8.94. The minimum Gasteiger partial charge on any atom is -0.393 e. The average molecular weight is 427 g/mol. The number of hydrogen-bond acceptors (Lipinski definition) is 5. The van der Waals surface area contributed by atoms with E-state index in [1.54, 1.807) is 12.1 Å². The molecule has 0 spiro atoms. The minimum atomic E-state index is -0.532. The van der Waals surface area contributed by atoms with E-state index in [4.69, 9.17) is 17.3 Å². The summed E-state index contributed by atoms with van der Waals surface area (Å²) < 4.78 is 27.8. The van der Waals surface area contributed by atoms with Crippen molar-refractivity contribution in [2.45, 2.75) is 0 Å². The maximum Gasteiger partial charge on any atom is 0.159 e. The second kappa shape index (κ2) is 7.20. The van der Waals surface area contributed by atoms with Crippen LogP contribution in [0.1, 0.15) is 0 Å². The molecule has 4 N–H and O–H groups in total. The van der Waals surface area contributed by atoms with Crippen LogP contribution in [-0.2, 0) is 0 Å². The van der Waals surface area contributed by atoms with Gasteiger partial charge in [-0.2, -0.15) is 0 Å². The standard InChI is InChI=1S/C16H11BrClF2N5/c17-8-1-4-13(12(20)5-8)25-16-14(21)15(22-7-23-16)24-9-2-3-11(19)10(18)6-9/h1-7H,21H2,(H2,22,23,24,25). The Bertz CT molecular complexity index is 938. The molecule has 0 aliphatic heterocycles. The molecule has 0 aliphatic carbocycles. The molecule has 3 rings (SSSR count). The second-order valence-electron chi connectivity index (χ2n) is 4.99. The third-order valence-corrected chi connectivity index (χ3v) is 4.03. The number of rotatable bonds is 4. The highest BCUT2D eigenvalue weighted by molar-refractivity contribution is 9.10. The molecule has 0 amide bonds. The van der Waals surface area contributed by atoms with Crippen molar-refractivity contribution in [3.8, 4) is 0 Å². The van der Waals surface area contributed by atoms with E-state index in [1.807, 2.05) is 0 Å². The van der Waals surface area contributed by atoms with Gasteiger partial charge in [0.1, 0.15) is 23.6 Å². The molecule has 0 unspecified atom stereocenters. The van der Waals surface area contributed by atoms with E-state index < -0.39 is 11.6 Å². The molecule has 128 valence electrons. The zero-order valence-electron chi connectivity index (χ0n) is 12.5. The quantitative estimate of drug-likeness (QED) is 0.532. The van der Waals surface area contributed by atoms with Gasteiger partial charge in [-0.1, -0.05) is 27.5 Å². The predicted molar refractivity (Wildman–Crippen MR) is 98.5 cm³/mol. The van der Waals surface area contributed by atoms with Crippen LogP contribution in [0.5, 0.6) is 0 Å². The summed E-state index contributed by atoms with van der Waals surface area (Å²) in [5.41, 5.74) is 6.92. The van der Waals surface area contributed by atoms with Crippen molar-refractivity contribution in [2.75, 3.05) is 16.4 Å². The Hall–Kier alpha value is -2.45. The third kappa shape index (κ3) is 3.97. The van der Waals surface area contributed by atoms with Gasteiger partial charge in [0.2, 0.25) is 0 Å². The Balaban J connectivity index is 1.87. The van der Waals surface area contributed by atoms with E-state index in [2.05, 4.69) is 36.5 Å². The van der Waals surface area contributed by atoms with E-state index in [0.717, 1.165) is 0 Å². The second-order valence-corrected chi connectivity index (χ2v) is 6.31. The van der Waals surface area contributed by atoms with Crippen LogP contribution in [0.25, 0.3) is 0 Å². The first-order chi connectivity index (χ1) is 11.9. The van der Waals surface area contributed by atoms with Crippen molar-refractivity contribution < 1.29 is 8.78 Å². The van der Waals surface area contributed by atoms with Crippen molar-refractivity contribution in [1.82, 2.24) is 9.97 Å². The summed E-state index contributed by atoms with van der Waals surface area (Å²) in [5, 5.41) is 5.70. The van der Waals surface area contributed by atoms with E-state index in [0.29, 0.717) is 10.2 Å². The fraction of sp³-hybridized carbons (Fsp3) is 0. The van der Waals surface area contributed by atoms with Crippen LogP contribution in [0.3, 0.4) is 0 Å². The summed E-state index contributed by atoms with van der Waals surface area (Å²) in [6, 6.07) is 8.66. The molecule has 0 radical (unpaired) electrons. The normalized spacial score (nSPS) is 10.6. The number of nitrogens with one attached hydrogen (secondary N) is 2. The highest BCUT2D eigenvalue weighted by Crippen LogP contribution is 2.30. The van der Waals surface area contributed by atoms with Gasteiger partial charge in [-0.3, -0.25) is 0 Å². The fourth-order valence-corrected chi connectivity index (χ4v) is 2.54. The van der Waals surface area contributed by atoms with Crippen molar-refractivity contribution in [2.24, 2.45) is 0 Å². The minimum absolute atomic E-state index is 0.0343. The average Bonchev–Trinajstić information content (AvgIpc) is 2.57. The number of nitrogens with two attached hydrogens (primary N) is 1. The summed E-state index contributed by atoms with van der Waals surface area (Å²) in [7, 11) is 0. The molecule has 0 saturated carbocycles. The van der Waals surface area contributed by atoms with Gasteiger partial charge in [0.15, 0.2) is 11.6 Å². The maximum absolute atomic E-state index is 14.0. The van der Waals surface area contributed by atoms with Crippen LogP contribution in [0.15, 0.2) is 47.2 Å². The van der Waals surface area contributed by atoms with E-state index in [1.165, 1.54) is 30.6 Å². The molecule has 2 aromatic carbocycles. The largest absolute Gasteiger partial charge is 0.393 e. The highest BCUT2D eigenvalue weighted by Gasteiger charge is 2.11. The van der Waals surface area contributed by atoms with Gasteiger partial charge in [-0.25, -0.2) is 18.7 Å². The van der Waals surface area contributed by atoms with Crippen LogP contribution in [0, 0.1) is 11.6 Å². The van der Waals surface area contributed by atoms with Gasteiger partial charge in [-0.05, 0) is 36.4 Å². The molecule has 9 heteroatoms. The van der Waals surface area contributed by atoms with Gasteiger partial charge in [0.05, 0.1) is 10.7 Å². The van der Waals surface area contributed by atoms with Gasteiger partial charge >= 0.3 is 0 Å². The molecule has 1 aromatic heterocycles. The van der Waals surface area contributed by atoms with E-state index >= 15 is 0 Å². The maximum atomic E-state index is 14.0. The van der Waals surface area contributed by atoms with E-state index in [9.17, 15) is 8.78 Å². The van der Waals surface area contributed by atoms with Crippen molar-refractivity contribution in [1.29, 1.82) is 0 Å². The Labute approximate surface area is 155 Å². The summed E-state index contributed by atoms with van der Waals surface area (Å²) in [6.45, 7) is 0. The zero-order chi connectivity index (χ0) is 18.0. The van der Waals surface area contributed by atoms with Crippen molar-refractivity contribution >= 4 is 56.2 Å². The Morgan fingerprint density at radius 3 is 2.36 bits per heavy atom. The lowest BCUT2D eigenvalue weighted by Crippen LogP contribution is -2.06. The number of benzene rings is 2. The summed E-state index contributed by atoms with van der Waals surface area (Å²) in [6.07, 6.45) is 1.27. The molecule has 3 aromatic rings. The van der Waals surface area contributed by atoms with Crippen molar-refractivity contribution in [3.05, 3.63) is 63.9 Å². The first-order valence-corrected chi connectivity index (χ1v) is 8.16. The van der Waals surface area contributed by atoms with Gasteiger partial charge in [0.25, 0.3) is 0 Å². The highest BCUT2D eigenvalue weighted by atomic mass is 79.9. The molecule has 0 bridgehead atoms. The lowest BCUT2D eigenvalue weighted by atomic mass is 10.3. The van der Waals surface area contributed by atoms with Gasteiger partial charge in [-0.15, -0.1) is 0 Å². The molecule has 5 nitrogen and oxygen atoms in total. The SMILES string of the molecule is Nc1c(Nc2ccc(F)c(Cl)c2)ncnc1Nc1ccc(Br)cc1F. The van der Waals surface area contributed by atoms with Crippen LogP contribution in [0.2, 0.25) is 5.02 Å². The smallest absolute Gasteiger partial charge is 0.159 e. The van der Waals surface area contributed by atoms with Crippen molar-refractivity contribution in [3.63, 3.8) is 0 Å². The molecule has 0 atom stereocenters. The number of nitrogen functional groups attached to an aromatic ring is 1. The molecule has 0 saturated heterocycles. The number of hydrogen-bond donors (Lipinski definition) is 3. The zero-order valence-corrected chi connectivity index (χ0v) is 14.9. The first-order valence-electron chi connectivity index (χ1n) is 6.98. The molecular formula is C16H11BrClF2N5. The molecule has 1 heterocycles. The Morgan fingerprint density at radius 1 is 0.960 bits per heavy atom. The fourth-order valence-electron chi connectivity index (χ4n) is 2.02. The van der Waals surface area contributed by atoms with Crippen LogP contribution in [0.4, 0.5) is 37.5 Å². The molecule has 0 fully saturated rings. The molecule has 25 heavy (non-hydrogen) atoms. The van der Waals surface area contributed by atoms with Crippen LogP contribution >= 0.6 is 27.5 Å². The van der Waals surface area contributed by atoms with Gasteiger partial charge in [0, 0.05) is 10.2 Å². The number of halogens is 4. The summed E-state index contributed by atoms with van der Waals surface area (Å²) in [5.74, 6) is -0.493. The predicted octanol–water partition coefficient (Wildman–Crippen LogP) is 5.24. The number of aromatic nitrogens is 2. The Morgan fingerprint density at radius 2 is 1.68 bits per heavy atom. The van der Waals surface area contributed by atoms with Crippen LogP contribution in [-0.4, -0.2) is 9.97 Å². The molecular weight excluding hydrogens is 416 g/mol. The summed E-state index contributed by atoms with van der Waals surface area (Å²) in [4.78, 5) is 8.06. The number of nitrogens with zero attached hydrogens (tertiary/aromatic N) is 2. The van der Waals surface area contributed by atoms with Gasteiger partial charge < -0.3 is 16.4 Å². The number of anilines is 5. The first kappa shape index (κ1) is 17.4. The monoisotopic (exact) mass is 425 g/mol. The lowest BCUT2D eigenvalue weighted by Gasteiger charge is -2.13. The topological polar surface area (TPSA) is 75.9 Å².